The van der Waals surface area contributed by atoms with Gasteiger partial charge in [-0.1, -0.05) is 6.07 Å². The second-order valence-corrected chi connectivity index (χ2v) is 4.33. The smallest absolute Gasteiger partial charge is 0.194 e. The summed E-state index contributed by atoms with van der Waals surface area (Å²) in [6, 6.07) is 1.24. The lowest BCUT2D eigenvalue weighted by Gasteiger charge is -2.27. The summed E-state index contributed by atoms with van der Waals surface area (Å²) in [4.78, 5) is 0. The molecule has 0 bridgehead atoms. The number of halogens is 7. The van der Waals surface area contributed by atoms with Crippen LogP contribution in [0.15, 0.2) is 35.9 Å². The molecule has 1 aliphatic rings. The predicted molar refractivity (Wildman–Crippen MR) is 57.1 cm³/mol. The summed E-state index contributed by atoms with van der Waals surface area (Å²) >= 11 is 0. The first kappa shape index (κ1) is 14.6. The summed E-state index contributed by atoms with van der Waals surface area (Å²) in [7, 11) is 0. The number of rotatable bonds is 2. The maximum absolute atomic E-state index is 14.2. The minimum Gasteiger partial charge on any atom is -0.236 e. The zero-order valence-corrected chi connectivity index (χ0v) is 9.74. The first-order chi connectivity index (χ1) is 9.26. The van der Waals surface area contributed by atoms with Crippen molar-refractivity contribution in [2.45, 2.75) is 18.3 Å². The van der Waals surface area contributed by atoms with Crippen molar-refractivity contribution in [3.63, 3.8) is 0 Å². The second kappa shape index (κ2) is 4.96. The standard InChI is InChI=1S/C13H7F7/c14-7-2-1-6(9(16)10(7)17)5-13(20)4-3-8(15)11(18)12(13)19/h1-4,12H,5H2. The lowest BCUT2D eigenvalue weighted by molar-refractivity contribution is 0.0952. The first-order valence-electron chi connectivity index (χ1n) is 5.46. The summed E-state index contributed by atoms with van der Waals surface area (Å²) in [5, 5.41) is 0. The molecule has 20 heavy (non-hydrogen) atoms. The van der Waals surface area contributed by atoms with Crippen LogP contribution < -0.4 is 0 Å². The fourth-order valence-electron chi connectivity index (χ4n) is 1.85. The maximum Gasteiger partial charge on any atom is 0.194 e. The highest BCUT2D eigenvalue weighted by atomic mass is 19.2. The van der Waals surface area contributed by atoms with Crippen molar-refractivity contribution in [3.05, 3.63) is 59.0 Å². The molecule has 0 heterocycles. The van der Waals surface area contributed by atoms with Crippen molar-refractivity contribution < 1.29 is 30.7 Å². The van der Waals surface area contributed by atoms with Gasteiger partial charge in [0.15, 0.2) is 40.9 Å². The zero-order valence-electron chi connectivity index (χ0n) is 9.74. The van der Waals surface area contributed by atoms with E-state index in [1.165, 1.54) is 0 Å². The Morgan fingerprint density at radius 2 is 1.65 bits per heavy atom. The lowest BCUT2D eigenvalue weighted by atomic mass is 9.87. The Morgan fingerprint density at radius 3 is 2.30 bits per heavy atom. The summed E-state index contributed by atoms with van der Waals surface area (Å²) in [6.07, 6.45) is -3.34. The molecule has 2 unspecified atom stereocenters. The quantitative estimate of drug-likeness (QED) is 0.560. The van der Waals surface area contributed by atoms with E-state index in [9.17, 15) is 30.7 Å². The Bertz CT molecular complexity index is 605. The van der Waals surface area contributed by atoms with Crippen LogP contribution in [-0.4, -0.2) is 11.8 Å². The molecule has 7 heteroatoms. The summed E-state index contributed by atoms with van der Waals surface area (Å²) < 4.78 is 92.5. The topological polar surface area (TPSA) is 0 Å². The summed E-state index contributed by atoms with van der Waals surface area (Å²) in [5.41, 5.74) is -3.76. The Hall–Kier alpha value is -1.79. The van der Waals surface area contributed by atoms with E-state index in [1.807, 2.05) is 0 Å². The molecule has 0 amide bonds. The van der Waals surface area contributed by atoms with E-state index in [0.717, 1.165) is 0 Å². The molecule has 0 nitrogen and oxygen atoms in total. The van der Waals surface area contributed by atoms with Crippen LogP contribution in [0, 0.1) is 17.5 Å². The van der Waals surface area contributed by atoms with Crippen molar-refractivity contribution in [1.82, 2.24) is 0 Å². The molecule has 2 rings (SSSR count). The van der Waals surface area contributed by atoms with Gasteiger partial charge < -0.3 is 0 Å². The molecular weight excluding hydrogens is 289 g/mol. The van der Waals surface area contributed by atoms with Gasteiger partial charge in [0.1, 0.15) is 0 Å². The fraction of sp³-hybridized carbons (Fsp3) is 0.231. The maximum atomic E-state index is 14.2. The van der Waals surface area contributed by atoms with E-state index >= 15 is 0 Å². The van der Waals surface area contributed by atoms with Gasteiger partial charge in [-0.05, 0) is 23.8 Å². The number of benzene rings is 1. The molecular formula is C13H7F7. The van der Waals surface area contributed by atoms with Gasteiger partial charge in [-0.25, -0.2) is 30.7 Å². The highest BCUT2D eigenvalue weighted by molar-refractivity contribution is 5.34. The van der Waals surface area contributed by atoms with Crippen LogP contribution in [0.1, 0.15) is 5.56 Å². The van der Waals surface area contributed by atoms with Gasteiger partial charge >= 0.3 is 0 Å². The number of allylic oxidation sites excluding steroid dienone is 4. The largest absolute Gasteiger partial charge is 0.236 e. The van der Waals surface area contributed by atoms with Crippen LogP contribution in [0.4, 0.5) is 30.7 Å². The van der Waals surface area contributed by atoms with Crippen LogP contribution in [0.25, 0.3) is 0 Å². The Labute approximate surface area is 109 Å². The van der Waals surface area contributed by atoms with Gasteiger partial charge in [0.25, 0.3) is 0 Å². The highest BCUT2D eigenvalue weighted by Gasteiger charge is 2.45. The van der Waals surface area contributed by atoms with E-state index in [-0.39, 0.29) is 0 Å². The average Bonchev–Trinajstić information content (AvgIpc) is 2.42. The van der Waals surface area contributed by atoms with Gasteiger partial charge in [0, 0.05) is 6.42 Å². The number of hydrogen-bond donors (Lipinski definition) is 0. The minimum atomic E-state index is -3.08. The third-order valence-electron chi connectivity index (χ3n) is 2.96. The molecule has 1 aromatic carbocycles. The minimum absolute atomic E-state index is 0.364. The van der Waals surface area contributed by atoms with Crippen molar-refractivity contribution in [2.75, 3.05) is 0 Å². The molecule has 108 valence electrons. The average molecular weight is 296 g/mol. The van der Waals surface area contributed by atoms with Crippen LogP contribution in [0.5, 0.6) is 0 Å². The van der Waals surface area contributed by atoms with Gasteiger partial charge in [0.05, 0.1) is 0 Å². The zero-order chi connectivity index (χ0) is 15.1. The molecule has 1 aromatic rings. The Morgan fingerprint density at radius 1 is 1.00 bits per heavy atom. The van der Waals surface area contributed by atoms with Crippen molar-refractivity contribution in [2.24, 2.45) is 0 Å². The van der Waals surface area contributed by atoms with Crippen LogP contribution in [0.2, 0.25) is 0 Å². The molecule has 0 spiro atoms. The molecule has 0 saturated heterocycles. The summed E-state index contributed by atoms with van der Waals surface area (Å²) in [6.45, 7) is 0. The molecule has 2 atom stereocenters. The van der Waals surface area contributed by atoms with Crippen LogP contribution >= 0.6 is 0 Å². The number of alkyl halides is 2. The molecule has 0 fully saturated rings. The van der Waals surface area contributed by atoms with Gasteiger partial charge in [-0.2, -0.15) is 0 Å². The van der Waals surface area contributed by atoms with E-state index in [2.05, 4.69) is 0 Å². The Balaban J connectivity index is 2.36. The van der Waals surface area contributed by atoms with Gasteiger partial charge in [-0.15, -0.1) is 0 Å². The summed E-state index contributed by atoms with van der Waals surface area (Å²) in [5.74, 6) is -8.57. The van der Waals surface area contributed by atoms with Crippen molar-refractivity contribution in [3.8, 4) is 0 Å². The molecule has 0 aromatic heterocycles. The van der Waals surface area contributed by atoms with E-state index < -0.39 is 52.9 Å². The molecule has 0 saturated carbocycles. The first-order valence-corrected chi connectivity index (χ1v) is 5.46. The van der Waals surface area contributed by atoms with E-state index in [0.29, 0.717) is 24.3 Å². The van der Waals surface area contributed by atoms with Crippen molar-refractivity contribution in [1.29, 1.82) is 0 Å². The Kier molecular flexibility index (Phi) is 3.62. The lowest BCUT2D eigenvalue weighted by Crippen LogP contribution is -2.38. The third-order valence-corrected chi connectivity index (χ3v) is 2.96. The highest BCUT2D eigenvalue weighted by Crippen LogP contribution is 2.37. The second-order valence-electron chi connectivity index (χ2n) is 4.33. The van der Waals surface area contributed by atoms with Crippen LogP contribution in [0.3, 0.4) is 0 Å². The third kappa shape index (κ3) is 2.32. The van der Waals surface area contributed by atoms with Gasteiger partial charge in [-0.3, -0.25) is 0 Å². The van der Waals surface area contributed by atoms with E-state index in [1.54, 1.807) is 0 Å². The molecule has 0 radical (unpaired) electrons. The van der Waals surface area contributed by atoms with E-state index in [4.69, 9.17) is 0 Å². The molecule has 0 N–H and O–H groups in total. The van der Waals surface area contributed by atoms with Crippen molar-refractivity contribution >= 4 is 0 Å². The normalized spacial score (nSPS) is 26.2. The fourth-order valence-corrected chi connectivity index (χ4v) is 1.85. The predicted octanol–water partition coefficient (Wildman–Crippen LogP) is 4.41. The number of hydrogen-bond acceptors (Lipinski definition) is 0. The van der Waals surface area contributed by atoms with Gasteiger partial charge in [0.2, 0.25) is 0 Å². The van der Waals surface area contributed by atoms with Crippen LogP contribution in [-0.2, 0) is 6.42 Å². The SMILES string of the molecule is FC1=C(F)C(F)C(F)(Cc2ccc(F)c(F)c2F)C=C1. The molecule has 1 aliphatic carbocycles. The molecule has 0 aliphatic heterocycles. The monoisotopic (exact) mass is 296 g/mol.